The summed E-state index contributed by atoms with van der Waals surface area (Å²) < 4.78 is 4.89. The molecular formula is C8H11N3O3. The lowest BCUT2D eigenvalue weighted by atomic mass is 10.1. The molecule has 1 atom stereocenters. The number of carboxylic acid groups (broad SMARTS) is 1. The van der Waals surface area contributed by atoms with E-state index < -0.39 is 5.97 Å². The molecule has 76 valence electrons. The molecule has 0 bridgehead atoms. The van der Waals surface area contributed by atoms with Gasteiger partial charge in [-0.05, 0) is 25.2 Å². The minimum absolute atomic E-state index is 0.181. The lowest BCUT2D eigenvalue weighted by Crippen LogP contribution is -2.13. The number of likely N-dealkylation sites (N-methyl/N-ethyl adjacent to an activating group) is 1. The Balaban J connectivity index is 2.13. The first-order valence-corrected chi connectivity index (χ1v) is 4.42. The molecule has 1 fully saturated rings. The molecule has 1 aromatic rings. The van der Waals surface area contributed by atoms with Crippen LogP contribution in [0.1, 0.15) is 28.8 Å². The minimum Gasteiger partial charge on any atom is -0.475 e. The van der Waals surface area contributed by atoms with Gasteiger partial charge in [-0.25, -0.2) is 4.79 Å². The van der Waals surface area contributed by atoms with Gasteiger partial charge in [-0.15, -0.1) is 0 Å². The van der Waals surface area contributed by atoms with Crippen LogP contribution in [0.25, 0.3) is 0 Å². The summed E-state index contributed by atoms with van der Waals surface area (Å²) in [5, 5.41) is 12.0. The van der Waals surface area contributed by atoms with Crippen molar-refractivity contribution < 1.29 is 14.4 Å². The molecule has 6 nitrogen and oxygen atoms in total. The van der Waals surface area contributed by atoms with Gasteiger partial charge in [0.2, 0.25) is 5.89 Å². The summed E-state index contributed by atoms with van der Waals surface area (Å²) in [7, 11) is 2.01. The summed E-state index contributed by atoms with van der Waals surface area (Å²) >= 11 is 0. The van der Waals surface area contributed by atoms with Crippen molar-refractivity contribution in [1.82, 2.24) is 15.0 Å². The molecule has 1 aliphatic rings. The Bertz CT molecular complexity index is 349. The van der Waals surface area contributed by atoms with E-state index in [4.69, 9.17) is 9.63 Å². The van der Waals surface area contributed by atoms with Crippen LogP contribution >= 0.6 is 0 Å². The molecule has 0 radical (unpaired) electrons. The smallest absolute Gasteiger partial charge is 0.377 e. The molecule has 1 aliphatic heterocycles. The van der Waals surface area contributed by atoms with Crippen molar-refractivity contribution >= 4 is 5.97 Å². The first kappa shape index (κ1) is 9.14. The molecule has 0 saturated carbocycles. The minimum atomic E-state index is -1.15. The topological polar surface area (TPSA) is 79.5 Å². The van der Waals surface area contributed by atoms with Gasteiger partial charge in [0.05, 0.1) is 5.92 Å². The molecule has 0 aliphatic carbocycles. The highest BCUT2D eigenvalue weighted by Crippen LogP contribution is 2.24. The Kier molecular flexibility index (Phi) is 2.20. The van der Waals surface area contributed by atoms with Crippen LogP contribution in [0, 0.1) is 0 Å². The number of carbonyl (C=O) groups is 1. The highest BCUT2D eigenvalue weighted by molar-refractivity contribution is 5.82. The highest BCUT2D eigenvalue weighted by Gasteiger charge is 2.27. The predicted molar refractivity (Wildman–Crippen MR) is 46.1 cm³/mol. The fraction of sp³-hybridized carbons (Fsp3) is 0.625. The van der Waals surface area contributed by atoms with Gasteiger partial charge in [0.1, 0.15) is 0 Å². The van der Waals surface area contributed by atoms with Crippen molar-refractivity contribution in [2.24, 2.45) is 0 Å². The fourth-order valence-corrected chi connectivity index (χ4v) is 1.62. The van der Waals surface area contributed by atoms with E-state index in [0.29, 0.717) is 5.89 Å². The first-order valence-electron chi connectivity index (χ1n) is 4.42. The summed E-state index contributed by atoms with van der Waals surface area (Å²) in [5.74, 6) is -0.784. The molecule has 14 heavy (non-hydrogen) atoms. The predicted octanol–water partition coefficient (Wildman–Crippen LogP) is 0.187. The Morgan fingerprint density at radius 1 is 1.71 bits per heavy atom. The third kappa shape index (κ3) is 1.60. The largest absolute Gasteiger partial charge is 0.475 e. The molecule has 0 amide bonds. The lowest BCUT2D eigenvalue weighted by molar-refractivity contribution is 0.0680. The number of hydrogen-bond acceptors (Lipinski definition) is 5. The van der Waals surface area contributed by atoms with Gasteiger partial charge < -0.3 is 14.5 Å². The maximum atomic E-state index is 10.5. The maximum absolute atomic E-state index is 10.5. The normalized spacial score (nSPS) is 22.8. The Hall–Kier alpha value is -1.43. The van der Waals surface area contributed by atoms with Crippen molar-refractivity contribution in [3.63, 3.8) is 0 Å². The van der Waals surface area contributed by atoms with E-state index in [0.717, 1.165) is 19.5 Å². The number of nitrogens with zero attached hydrogens (tertiary/aromatic N) is 3. The van der Waals surface area contributed by atoms with Gasteiger partial charge in [0, 0.05) is 6.54 Å². The fourth-order valence-electron chi connectivity index (χ4n) is 1.62. The van der Waals surface area contributed by atoms with E-state index in [1.54, 1.807) is 0 Å². The monoisotopic (exact) mass is 197 g/mol. The molecule has 1 unspecified atom stereocenters. The van der Waals surface area contributed by atoms with Crippen LogP contribution in [0.3, 0.4) is 0 Å². The molecule has 2 rings (SSSR count). The van der Waals surface area contributed by atoms with Crippen LogP contribution < -0.4 is 0 Å². The van der Waals surface area contributed by atoms with Crippen LogP contribution in [0.2, 0.25) is 0 Å². The van der Waals surface area contributed by atoms with Crippen molar-refractivity contribution in [3.05, 3.63) is 11.7 Å². The van der Waals surface area contributed by atoms with E-state index in [-0.39, 0.29) is 11.7 Å². The zero-order valence-electron chi connectivity index (χ0n) is 7.80. The van der Waals surface area contributed by atoms with Crippen molar-refractivity contribution in [2.75, 3.05) is 20.1 Å². The van der Waals surface area contributed by atoms with E-state index >= 15 is 0 Å². The zero-order chi connectivity index (χ0) is 10.1. The van der Waals surface area contributed by atoms with Crippen LogP contribution in [-0.4, -0.2) is 46.3 Å². The number of rotatable bonds is 2. The van der Waals surface area contributed by atoms with Crippen molar-refractivity contribution in [2.45, 2.75) is 12.3 Å². The van der Waals surface area contributed by atoms with E-state index in [1.807, 2.05) is 7.05 Å². The summed E-state index contributed by atoms with van der Waals surface area (Å²) in [6.07, 6.45) is 0.942. The Morgan fingerprint density at radius 3 is 3.00 bits per heavy atom. The summed E-state index contributed by atoms with van der Waals surface area (Å²) in [6, 6.07) is 0. The van der Waals surface area contributed by atoms with Gasteiger partial charge in [0.25, 0.3) is 5.82 Å². The number of hydrogen-bond donors (Lipinski definition) is 1. The zero-order valence-corrected chi connectivity index (χ0v) is 7.80. The Labute approximate surface area is 80.5 Å². The second kappa shape index (κ2) is 3.38. The lowest BCUT2D eigenvalue weighted by Gasteiger charge is -2.04. The van der Waals surface area contributed by atoms with Crippen LogP contribution in [0.15, 0.2) is 4.52 Å². The molecule has 1 N–H and O–H groups in total. The summed E-state index contributed by atoms with van der Waals surface area (Å²) in [4.78, 5) is 16.5. The molecule has 0 spiro atoms. The van der Waals surface area contributed by atoms with E-state index in [1.165, 1.54) is 0 Å². The maximum Gasteiger partial charge on any atom is 0.377 e. The summed E-state index contributed by atoms with van der Waals surface area (Å²) in [5.41, 5.74) is 0. The van der Waals surface area contributed by atoms with Crippen molar-refractivity contribution in [3.8, 4) is 0 Å². The van der Waals surface area contributed by atoms with Gasteiger partial charge in [0.15, 0.2) is 0 Å². The van der Waals surface area contributed by atoms with Gasteiger partial charge >= 0.3 is 5.97 Å². The third-order valence-corrected chi connectivity index (χ3v) is 2.37. The third-order valence-electron chi connectivity index (χ3n) is 2.37. The first-order chi connectivity index (χ1) is 6.66. The van der Waals surface area contributed by atoms with Crippen molar-refractivity contribution in [1.29, 1.82) is 0 Å². The molecule has 2 heterocycles. The average molecular weight is 197 g/mol. The van der Waals surface area contributed by atoms with Crippen LogP contribution in [0.4, 0.5) is 0 Å². The molecule has 0 aromatic carbocycles. The number of aromatic nitrogens is 2. The molecule has 1 saturated heterocycles. The molecular weight excluding hydrogens is 186 g/mol. The second-order valence-electron chi connectivity index (χ2n) is 3.51. The quantitative estimate of drug-likeness (QED) is 0.728. The molecule has 6 heteroatoms. The van der Waals surface area contributed by atoms with Gasteiger partial charge in [-0.2, -0.15) is 4.98 Å². The standard InChI is InChI=1S/C8H11N3O3/c1-11-3-2-5(4-11)7-9-6(8(12)13)10-14-7/h5H,2-4H2,1H3,(H,12,13). The molecule has 1 aromatic heterocycles. The SMILES string of the molecule is CN1CCC(c2nc(C(=O)O)no2)C1. The van der Waals surface area contributed by atoms with E-state index in [2.05, 4.69) is 15.0 Å². The number of aromatic carboxylic acids is 1. The van der Waals surface area contributed by atoms with Crippen LogP contribution in [0.5, 0.6) is 0 Å². The Morgan fingerprint density at radius 2 is 2.50 bits per heavy atom. The van der Waals surface area contributed by atoms with E-state index in [9.17, 15) is 4.79 Å². The van der Waals surface area contributed by atoms with Gasteiger partial charge in [-0.3, -0.25) is 0 Å². The van der Waals surface area contributed by atoms with Gasteiger partial charge in [-0.1, -0.05) is 0 Å². The average Bonchev–Trinajstić information content (AvgIpc) is 2.70. The van der Waals surface area contributed by atoms with Crippen LogP contribution in [-0.2, 0) is 0 Å². The number of likely N-dealkylation sites (tertiary alicyclic amines) is 1. The summed E-state index contributed by atoms with van der Waals surface area (Å²) in [6.45, 7) is 1.83. The number of carboxylic acids is 1. The highest BCUT2D eigenvalue weighted by atomic mass is 16.5. The second-order valence-corrected chi connectivity index (χ2v) is 3.51.